The van der Waals surface area contributed by atoms with E-state index in [0.717, 1.165) is 13.0 Å². The van der Waals surface area contributed by atoms with Gasteiger partial charge in [0.15, 0.2) is 0 Å². The van der Waals surface area contributed by atoms with E-state index in [1.807, 2.05) is 27.1 Å². The van der Waals surface area contributed by atoms with Crippen LogP contribution >= 0.6 is 12.4 Å². The molecule has 3 heteroatoms. The average Bonchev–Trinajstić information content (AvgIpc) is 1.80. The van der Waals surface area contributed by atoms with Crippen LogP contribution in [0.1, 0.15) is 13.3 Å². The molecule has 0 saturated heterocycles. The zero-order valence-corrected chi connectivity index (χ0v) is 7.65. The van der Waals surface area contributed by atoms with Crippen molar-refractivity contribution in [3.8, 4) is 0 Å². The second-order valence-electron chi connectivity index (χ2n) is 2.00. The predicted octanol–water partition coefficient (Wildman–Crippen LogP) is 1.87. The second kappa shape index (κ2) is 8.95. The molecule has 0 aromatic rings. The third-order valence-electron chi connectivity index (χ3n) is 0.870. The molecule has 0 radical (unpaired) electrons. The summed E-state index contributed by atoms with van der Waals surface area (Å²) in [7, 11) is 3.77. The summed E-state index contributed by atoms with van der Waals surface area (Å²) in [5.41, 5.74) is 0. The average molecular weight is 166 g/mol. The first-order valence-corrected chi connectivity index (χ1v) is 3.18. The Morgan fingerprint density at radius 3 is 2.40 bits per heavy atom. The number of hydroxylamine groups is 2. The Bertz CT molecular complexity index is 83.7. The maximum absolute atomic E-state index is 5.13. The summed E-state index contributed by atoms with van der Waals surface area (Å²) in [5.74, 6) is 0. The lowest BCUT2D eigenvalue weighted by atomic mass is 10.4. The van der Waals surface area contributed by atoms with Crippen molar-refractivity contribution in [2.75, 3.05) is 20.7 Å². The fourth-order valence-corrected chi connectivity index (χ4v) is 0.470. The van der Waals surface area contributed by atoms with Gasteiger partial charge in [0.1, 0.15) is 0 Å². The molecule has 0 aromatic heterocycles. The van der Waals surface area contributed by atoms with Crippen molar-refractivity contribution < 1.29 is 4.84 Å². The lowest BCUT2D eigenvalue weighted by Gasteiger charge is -2.07. The third kappa shape index (κ3) is 10.8. The summed E-state index contributed by atoms with van der Waals surface area (Å²) in [5, 5.41) is 1.71. The highest BCUT2D eigenvalue weighted by Crippen LogP contribution is 1.85. The van der Waals surface area contributed by atoms with Crippen molar-refractivity contribution in [3.05, 3.63) is 12.2 Å². The first kappa shape index (κ1) is 12.6. The fraction of sp³-hybridized carbons (Fsp3) is 0.714. The molecule has 10 heavy (non-hydrogen) atoms. The third-order valence-corrected chi connectivity index (χ3v) is 0.870. The minimum absolute atomic E-state index is 0. The van der Waals surface area contributed by atoms with Gasteiger partial charge in [-0.3, -0.25) is 4.84 Å². The van der Waals surface area contributed by atoms with Crippen molar-refractivity contribution in [3.63, 3.8) is 0 Å². The largest absolute Gasteiger partial charge is 0.299 e. The van der Waals surface area contributed by atoms with Crippen LogP contribution in [0, 0.1) is 0 Å². The molecule has 0 aliphatic heterocycles. The Balaban J connectivity index is 0. The van der Waals surface area contributed by atoms with E-state index in [4.69, 9.17) is 4.84 Å². The molecule has 0 aromatic carbocycles. The topological polar surface area (TPSA) is 12.5 Å². The summed E-state index contributed by atoms with van der Waals surface area (Å²) < 4.78 is 0. The van der Waals surface area contributed by atoms with Gasteiger partial charge in [-0.05, 0) is 13.3 Å². The van der Waals surface area contributed by atoms with Gasteiger partial charge in [0.2, 0.25) is 0 Å². The molecular weight excluding hydrogens is 150 g/mol. The fourth-order valence-electron chi connectivity index (χ4n) is 0.470. The number of hydrogen-bond donors (Lipinski definition) is 0. The van der Waals surface area contributed by atoms with Crippen LogP contribution in [-0.4, -0.2) is 25.8 Å². The Labute approximate surface area is 69.2 Å². The summed E-state index contributed by atoms with van der Waals surface area (Å²) in [6.07, 6.45) is 5.11. The monoisotopic (exact) mass is 165 g/mol. The van der Waals surface area contributed by atoms with Crippen LogP contribution in [0.2, 0.25) is 0 Å². The van der Waals surface area contributed by atoms with Crippen molar-refractivity contribution >= 4 is 12.4 Å². The quantitative estimate of drug-likeness (QED) is 0.358. The van der Waals surface area contributed by atoms with Gasteiger partial charge in [-0.25, -0.2) is 0 Å². The molecule has 2 nitrogen and oxygen atoms in total. The minimum Gasteiger partial charge on any atom is -0.299 e. The van der Waals surface area contributed by atoms with Crippen LogP contribution in [0.25, 0.3) is 0 Å². The molecule has 0 fully saturated rings. The SMILES string of the molecule is CC=CCCON(C)C.Cl. The van der Waals surface area contributed by atoms with E-state index < -0.39 is 0 Å². The van der Waals surface area contributed by atoms with E-state index in [1.54, 1.807) is 5.06 Å². The van der Waals surface area contributed by atoms with Gasteiger partial charge in [-0.15, -0.1) is 12.4 Å². The Hall–Kier alpha value is -0.0500. The molecule has 0 saturated carbocycles. The van der Waals surface area contributed by atoms with E-state index >= 15 is 0 Å². The summed E-state index contributed by atoms with van der Waals surface area (Å²) in [6, 6.07) is 0. The number of hydrogen-bond acceptors (Lipinski definition) is 2. The summed E-state index contributed by atoms with van der Waals surface area (Å²) in [6.45, 7) is 2.78. The predicted molar refractivity (Wildman–Crippen MR) is 46.3 cm³/mol. The molecule has 0 unspecified atom stereocenters. The molecule has 62 valence electrons. The van der Waals surface area contributed by atoms with E-state index in [-0.39, 0.29) is 12.4 Å². The standard InChI is InChI=1S/C7H15NO.ClH/c1-4-5-6-7-9-8(2)3;/h4-5H,6-7H2,1-3H3;1H. The van der Waals surface area contributed by atoms with Gasteiger partial charge < -0.3 is 0 Å². The van der Waals surface area contributed by atoms with Gasteiger partial charge in [0.25, 0.3) is 0 Å². The molecule has 0 aliphatic carbocycles. The number of rotatable bonds is 4. The maximum Gasteiger partial charge on any atom is 0.0719 e. The zero-order chi connectivity index (χ0) is 7.11. The van der Waals surface area contributed by atoms with E-state index in [0.29, 0.717) is 0 Å². The molecule has 0 aliphatic rings. The first-order valence-electron chi connectivity index (χ1n) is 3.18. The highest BCUT2D eigenvalue weighted by atomic mass is 35.5. The van der Waals surface area contributed by atoms with Crippen LogP contribution in [0.5, 0.6) is 0 Å². The molecule has 0 N–H and O–H groups in total. The molecule has 0 amide bonds. The van der Waals surface area contributed by atoms with E-state index in [9.17, 15) is 0 Å². The van der Waals surface area contributed by atoms with Crippen molar-refractivity contribution in [2.24, 2.45) is 0 Å². The molecule has 0 heterocycles. The molecular formula is C7H16ClNO. The van der Waals surface area contributed by atoms with Crippen LogP contribution in [-0.2, 0) is 4.84 Å². The minimum atomic E-state index is 0. The summed E-state index contributed by atoms with van der Waals surface area (Å²) in [4.78, 5) is 5.13. The van der Waals surface area contributed by atoms with Crippen LogP contribution in [0.3, 0.4) is 0 Å². The van der Waals surface area contributed by atoms with Crippen molar-refractivity contribution in [2.45, 2.75) is 13.3 Å². The first-order chi connectivity index (χ1) is 4.27. The van der Waals surface area contributed by atoms with Gasteiger partial charge in [-0.1, -0.05) is 12.2 Å². The number of nitrogens with zero attached hydrogens (tertiary/aromatic N) is 1. The number of allylic oxidation sites excluding steroid dienone is 1. The smallest absolute Gasteiger partial charge is 0.0719 e. The van der Waals surface area contributed by atoms with E-state index in [1.165, 1.54) is 0 Å². The normalized spacial score (nSPS) is 10.4. The Morgan fingerprint density at radius 2 is 2.00 bits per heavy atom. The van der Waals surface area contributed by atoms with Crippen molar-refractivity contribution in [1.82, 2.24) is 5.06 Å². The highest BCUT2D eigenvalue weighted by molar-refractivity contribution is 5.85. The van der Waals surface area contributed by atoms with Gasteiger partial charge in [-0.2, -0.15) is 5.06 Å². The molecule has 0 rings (SSSR count). The lowest BCUT2D eigenvalue weighted by Crippen LogP contribution is -2.12. The van der Waals surface area contributed by atoms with E-state index in [2.05, 4.69) is 6.08 Å². The van der Waals surface area contributed by atoms with Gasteiger partial charge in [0.05, 0.1) is 6.61 Å². The van der Waals surface area contributed by atoms with Crippen LogP contribution in [0.4, 0.5) is 0 Å². The zero-order valence-electron chi connectivity index (χ0n) is 6.83. The van der Waals surface area contributed by atoms with Crippen LogP contribution < -0.4 is 0 Å². The summed E-state index contributed by atoms with van der Waals surface area (Å²) >= 11 is 0. The second-order valence-corrected chi connectivity index (χ2v) is 2.00. The maximum atomic E-state index is 5.13. The lowest BCUT2D eigenvalue weighted by molar-refractivity contribution is -0.117. The molecule has 0 spiro atoms. The molecule has 0 atom stereocenters. The Kier molecular flexibility index (Phi) is 11.3. The Morgan fingerprint density at radius 1 is 1.40 bits per heavy atom. The molecule has 0 bridgehead atoms. The van der Waals surface area contributed by atoms with Crippen molar-refractivity contribution in [1.29, 1.82) is 0 Å². The highest BCUT2D eigenvalue weighted by Gasteiger charge is 1.84. The van der Waals surface area contributed by atoms with Crippen LogP contribution in [0.15, 0.2) is 12.2 Å². The van der Waals surface area contributed by atoms with Gasteiger partial charge in [0, 0.05) is 14.1 Å². The number of halogens is 1. The van der Waals surface area contributed by atoms with Gasteiger partial charge >= 0.3 is 0 Å².